The number of carbonyl (C=O) groups excluding carboxylic acids is 1. The Morgan fingerprint density at radius 1 is 1.48 bits per heavy atom. The summed E-state index contributed by atoms with van der Waals surface area (Å²) in [7, 11) is 1.64. The minimum atomic E-state index is -0.493. The van der Waals surface area contributed by atoms with E-state index >= 15 is 0 Å². The molecule has 4 rings (SSSR count). The van der Waals surface area contributed by atoms with Crippen LogP contribution in [-0.2, 0) is 21.5 Å². The summed E-state index contributed by atoms with van der Waals surface area (Å²) in [5.74, 6) is 1.18. The van der Waals surface area contributed by atoms with E-state index in [0.717, 1.165) is 35.6 Å². The molecule has 1 spiro atoms. The van der Waals surface area contributed by atoms with Gasteiger partial charge in [-0.05, 0) is 25.0 Å². The molecule has 2 unspecified atom stereocenters. The van der Waals surface area contributed by atoms with Crippen molar-refractivity contribution in [1.82, 2.24) is 4.90 Å². The number of benzene rings is 1. The van der Waals surface area contributed by atoms with Crippen molar-refractivity contribution < 1.29 is 24.1 Å². The largest absolute Gasteiger partial charge is 0.493 e. The predicted octanol–water partition coefficient (Wildman–Crippen LogP) is 2.30. The fourth-order valence-corrected chi connectivity index (χ4v) is 4.44. The molecule has 2 heterocycles. The lowest BCUT2D eigenvalue weighted by Crippen LogP contribution is -2.42. The molecule has 1 aromatic rings. The van der Waals surface area contributed by atoms with E-state index in [0.29, 0.717) is 19.6 Å². The van der Waals surface area contributed by atoms with Crippen LogP contribution in [0.4, 0.5) is 0 Å². The zero-order valence-corrected chi connectivity index (χ0v) is 15.7. The number of nitrogens with zero attached hydrogens (tertiary/aromatic N) is 1. The molecule has 6 nitrogen and oxygen atoms in total. The van der Waals surface area contributed by atoms with E-state index in [1.807, 2.05) is 18.3 Å². The van der Waals surface area contributed by atoms with E-state index in [4.69, 9.17) is 14.2 Å². The third-order valence-electron chi connectivity index (χ3n) is 5.69. The molecule has 1 N–H and O–H groups in total. The van der Waals surface area contributed by atoms with Crippen molar-refractivity contribution >= 4 is 5.97 Å². The molecule has 0 aromatic heterocycles. The van der Waals surface area contributed by atoms with Gasteiger partial charge in [0.25, 0.3) is 0 Å². The molecule has 0 bridgehead atoms. The van der Waals surface area contributed by atoms with Crippen molar-refractivity contribution in [2.75, 3.05) is 20.3 Å². The second-order valence-corrected chi connectivity index (χ2v) is 7.23. The van der Waals surface area contributed by atoms with Gasteiger partial charge in [-0.3, -0.25) is 0 Å². The van der Waals surface area contributed by atoms with E-state index < -0.39 is 6.10 Å². The van der Waals surface area contributed by atoms with Crippen LogP contribution in [0.1, 0.15) is 30.9 Å². The van der Waals surface area contributed by atoms with Gasteiger partial charge in [0.05, 0.1) is 25.2 Å². The van der Waals surface area contributed by atoms with Crippen LogP contribution in [0.3, 0.4) is 0 Å². The first kappa shape index (κ1) is 17.9. The molecule has 0 saturated carbocycles. The zero-order chi connectivity index (χ0) is 19.0. The predicted molar refractivity (Wildman–Crippen MR) is 99.7 cm³/mol. The van der Waals surface area contributed by atoms with Crippen LogP contribution in [0.2, 0.25) is 0 Å². The minimum Gasteiger partial charge on any atom is -0.493 e. The standard InChI is InChI=1S/C21H25NO5/c1-3-26-18(24)7-10-22-11-9-21-8-6-15(23)12-17(21)27-20-16(25-2)5-4-14(13-22)19(20)21/h4-8,10,15,17,23H,3,9,11-13H2,1-2H3/t15-,17?,21?/m0/s1. The van der Waals surface area contributed by atoms with Gasteiger partial charge in [0, 0.05) is 37.3 Å². The van der Waals surface area contributed by atoms with Gasteiger partial charge in [-0.15, -0.1) is 0 Å². The number of ether oxygens (including phenoxy) is 3. The summed E-state index contributed by atoms with van der Waals surface area (Å²) in [4.78, 5) is 13.8. The van der Waals surface area contributed by atoms with Gasteiger partial charge >= 0.3 is 5.97 Å². The number of aliphatic hydroxyl groups excluding tert-OH is 1. The van der Waals surface area contributed by atoms with Gasteiger partial charge in [0.15, 0.2) is 11.5 Å². The van der Waals surface area contributed by atoms with Crippen molar-refractivity contribution in [2.45, 2.75) is 43.9 Å². The smallest absolute Gasteiger partial charge is 0.332 e. The van der Waals surface area contributed by atoms with Crippen molar-refractivity contribution in [3.8, 4) is 11.5 Å². The molecule has 2 aliphatic heterocycles. The molecule has 0 saturated heterocycles. The molecular formula is C21H25NO5. The normalized spacial score (nSPS) is 28.3. The molecule has 0 amide bonds. The summed E-state index contributed by atoms with van der Waals surface area (Å²) >= 11 is 0. The molecular weight excluding hydrogens is 346 g/mol. The maximum absolute atomic E-state index is 11.7. The summed E-state index contributed by atoms with van der Waals surface area (Å²) < 4.78 is 16.8. The first-order valence-corrected chi connectivity index (χ1v) is 9.41. The van der Waals surface area contributed by atoms with Gasteiger partial charge in [0.2, 0.25) is 0 Å². The number of methoxy groups -OCH3 is 1. The fourth-order valence-electron chi connectivity index (χ4n) is 4.44. The Bertz CT molecular complexity index is 802. The first-order valence-electron chi connectivity index (χ1n) is 9.41. The molecule has 3 aliphatic rings. The molecule has 1 aliphatic carbocycles. The first-order chi connectivity index (χ1) is 13.1. The van der Waals surface area contributed by atoms with Crippen molar-refractivity contribution in [3.63, 3.8) is 0 Å². The average Bonchev–Trinajstić information content (AvgIpc) is 2.89. The Balaban J connectivity index is 1.73. The molecule has 0 fully saturated rings. The Morgan fingerprint density at radius 3 is 3.11 bits per heavy atom. The van der Waals surface area contributed by atoms with E-state index in [-0.39, 0.29) is 17.5 Å². The third-order valence-corrected chi connectivity index (χ3v) is 5.69. The van der Waals surface area contributed by atoms with E-state index in [1.165, 1.54) is 6.08 Å². The fraction of sp³-hybridized carbons (Fsp3) is 0.476. The van der Waals surface area contributed by atoms with Crippen LogP contribution >= 0.6 is 0 Å². The van der Waals surface area contributed by atoms with Crippen LogP contribution in [0.5, 0.6) is 11.5 Å². The number of hydrogen-bond acceptors (Lipinski definition) is 6. The SMILES string of the molecule is CCOC(=O)C=CN1CCC23C=C[C@H](O)CC2Oc2c(OC)ccc(c23)C1. The molecule has 3 atom stereocenters. The summed E-state index contributed by atoms with van der Waals surface area (Å²) in [5, 5.41) is 10.1. The van der Waals surface area contributed by atoms with Crippen molar-refractivity contribution in [1.29, 1.82) is 0 Å². The molecule has 1 aromatic carbocycles. The Labute approximate surface area is 159 Å². The van der Waals surface area contributed by atoms with Gasteiger partial charge in [-0.2, -0.15) is 0 Å². The topological polar surface area (TPSA) is 68.2 Å². The maximum Gasteiger partial charge on any atom is 0.332 e. The van der Waals surface area contributed by atoms with Gasteiger partial charge in [-0.1, -0.05) is 18.2 Å². The van der Waals surface area contributed by atoms with Crippen LogP contribution in [0.15, 0.2) is 36.6 Å². The van der Waals surface area contributed by atoms with Gasteiger partial charge in [0.1, 0.15) is 6.10 Å². The quantitative estimate of drug-likeness (QED) is 0.498. The Morgan fingerprint density at radius 2 is 2.33 bits per heavy atom. The lowest BCUT2D eigenvalue weighted by atomic mass is 9.69. The lowest BCUT2D eigenvalue weighted by Gasteiger charge is -2.35. The highest BCUT2D eigenvalue weighted by atomic mass is 16.5. The van der Waals surface area contributed by atoms with Crippen LogP contribution in [0, 0.1) is 0 Å². The summed E-state index contributed by atoms with van der Waals surface area (Å²) in [6.07, 6.45) is 8.06. The number of esters is 1. The maximum atomic E-state index is 11.7. The van der Waals surface area contributed by atoms with Crippen LogP contribution in [-0.4, -0.2) is 48.4 Å². The highest BCUT2D eigenvalue weighted by molar-refractivity contribution is 5.81. The molecule has 27 heavy (non-hydrogen) atoms. The average molecular weight is 371 g/mol. The Hall–Kier alpha value is -2.47. The minimum absolute atomic E-state index is 0.114. The Kier molecular flexibility index (Phi) is 4.60. The van der Waals surface area contributed by atoms with Gasteiger partial charge < -0.3 is 24.2 Å². The van der Waals surface area contributed by atoms with Crippen molar-refractivity contribution in [3.05, 3.63) is 47.7 Å². The second-order valence-electron chi connectivity index (χ2n) is 7.23. The van der Waals surface area contributed by atoms with Crippen LogP contribution in [0.25, 0.3) is 0 Å². The van der Waals surface area contributed by atoms with E-state index in [9.17, 15) is 9.90 Å². The van der Waals surface area contributed by atoms with Gasteiger partial charge in [-0.25, -0.2) is 4.79 Å². The van der Waals surface area contributed by atoms with Crippen molar-refractivity contribution in [2.24, 2.45) is 0 Å². The number of rotatable bonds is 4. The molecule has 6 heteroatoms. The zero-order valence-electron chi connectivity index (χ0n) is 15.7. The summed E-state index contributed by atoms with van der Waals surface area (Å²) in [6, 6.07) is 4.00. The number of carbonyl (C=O) groups is 1. The monoisotopic (exact) mass is 371 g/mol. The lowest BCUT2D eigenvalue weighted by molar-refractivity contribution is -0.137. The highest BCUT2D eigenvalue weighted by Crippen LogP contribution is 2.55. The summed E-state index contributed by atoms with van der Waals surface area (Å²) in [6.45, 7) is 3.61. The van der Waals surface area contributed by atoms with E-state index in [1.54, 1.807) is 14.0 Å². The highest BCUT2D eigenvalue weighted by Gasteiger charge is 2.52. The molecule has 0 radical (unpaired) electrons. The number of hydrogen-bond donors (Lipinski definition) is 1. The third kappa shape index (κ3) is 2.98. The van der Waals surface area contributed by atoms with E-state index in [2.05, 4.69) is 17.0 Å². The molecule has 144 valence electrons. The number of aliphatic hydroxyl groups is 1. The van der Waals surface area contributed by atoms with Crippen LogP contribution < -0.4 is 9.47 Å². The summed E-state index contributed by atoms with van der Waals surface area (Å²) in [5.41, 5.74) is 2.03. The second kappa shape index (κ2) is 6.93.